The molecule has 2 aromatic carbocycles. The lowest BCUT2D eigenvalue weighted by atomic mass is 10.2. The third-order valence-electron chi connectivity index (χ3n) is 4.36. The van der Waals surface area contributed by atoms with Crippen LogP contribution in [0, 0.1) is 6.92 Å². The van der Waals surface area contributed by atoms with Crippen LogP contribution in [-0.4, -0.2) is 25.9 Å². The van der Waals surface area contributed by atoms with Crippen LogP contribution >= 0.6 is 35.1 Å². The first-order chi connectivity index (χ1) is 14.0. The van der Waals surface area contributed by atoms with Crippen LogP contribution in [0.5, 0.6) is 0 Å². The van der Waals surface area contributed by atoms with Crippen LogP contribution in [0.25, 0.3) is 0 Å². The van der Waals surface area contributed by atoms with Crippen LogP contribution in [0.1, 0.15) is 24.7 Å². The molecule has 0 fully saturated rings. The van der Waals surface area contributed by atoms with E-state index in [-0.39, 0.29) is 11.2 Å². The van der Waals surface area contributed by atoms with Crippen molar-refractivity contribution in [1.29, 1.82) is 0 Å². The van der Waals surface area contributed by atoms with Gasteiger partial charge in [-0.2, -0.15) is 0 Å². The average Bonchev–Trinajstić information content (AvgIpc) is 3.06. The molecule has 1 atom stereocenters. The maximum Gasteiger partial charge on any atom is 0.238 e. The van der Waals surface area contributed by atoms with Crippen LogP contribution < -0.4 is 5.32 Å². The van der Waals surface area contributed by atoms with Crippen LogP contribution in [0.15, 0.2) is 58.6 Å². The molecule has 0 aliphatic heterocycles. The molecule has 8 heteroatoms. The summed E-state index contributed by atoms with van der Waals surface area (Å²) >= 11 is 9.28. The van der Waals surface area contributed by atoms with Gasteiger partial charge in [0.1, 0.15) is 5.82 Å². The number of aryl methyl sites for hydroxylation is 1. The van der Waals surface area contributed by atoms with Crippen molar-refractivity contribution in [2.24, 2.45) is 7.05 Å². The van der Waals surface area contributed by atoms with Crippen LogP contribution in [0.4, 0.5) is 5.69 Å². The molecule has 0 aliphatic carbocycles. The predicted molar refractivity (Wildman–Crippen MR) is 122 cm³/mol. The quantitative estimate of drug-likeness (QED) is 0.458. The first kappa shape index (κ1) is 21.7. The summed E-state index contributed by atoms with van der Waals surface area (Å²) in [7, 11) is 1.94. The summed E-state index contributed by atoms with van der Waals surface area (Å²) < 4.78 is 1.96. The molecule has 0 saturated heterocycles. The number of carbonyl (C=O) groups excluding carboxylic acids is 1. The number of rotatable bonds is 8. The molecule has 3 aromatic rings. The van der Waals surface area contributed by atoms with Crippen LogP contribution in [-0.2, 0) is 17.6 Å². The van der Waals surface area contributed by atoms with Crippen molar-refractivity contribution in [3.8, 4) is 0 Å². The van der Waals surface area contributed by atoms with Crippen molar-refractivity contribution in [2.45, 2.75) is 41.3 Å². The van der Waals surface area contributed by atoms with Gasteiger partial charge in [-0.25, -0.2) is 0 Å². The molecule has 1 N–H and O–H groups in total. The van der Waals surface area contributed by atoms with E-state index in [0.29, 0.717) is 17.1 Å². The van der Waals surface area contributed by atoms with Crippen molar-refractivity contribution in [3.05, 3.63) is 64.9 Å². The van der Waals surface area contributed by atoms with E-state index < -0.39 is 0 Å². The van der Waals surface area contributed by atoms with Crippen molar-refractivity contribution < 1.29 is 4.79 Å². The Hall–Kier alpha value is -1.96. The highest BCUT2D eigenvalue weighted by Crippen LogP contribution is 2.28. The smallest absolute Gasteiger partial charge is 0.238 e. The molecule has 1 aromatic heterocycles. The molecular formula is C21H23ClN4OS2. The molecule has 5 nitrogen and oxygen atoms in total. The molecular weight excluding hydrogens is 424 g/mol. The summed E-state index contributed by atoms with van der Waals surface area (Å²) in [6.45, 7) is 4.06. The lowest BCUT2D eigenvalue weighted by Gasteiger charge is -2.15. The molecule has 0 spiro atoms. The monoisotopic (exact) mass is 446 g/mol. The largest absolute Gasteiger partial charge is 0.324 e. The maximum atomic E-state index is 12.7. The van der Waals surface area contributed by atoms with E-state index in [4.69, 9.17) is 11.6 Å². The van der Waals surface area contributed by atoms with Gasteiger partial charge >= 0.3 is 0 Å². The standard InChI is InChI=1S/C21H23ClN4OS2/c1-4-18(20(27)23-17-8-6-5-7-16(17)22)29-21-25-24-19(26(21)3)13-28-15-11-9-14(2)10-12-15/h5-12,18H,4,13H2,1-3H3,(H,23,27). The number of halogens is 1. The number of nitrogens with zero attached hydrogens (tertiary/aromatic N) is 3. The number of para-hydroxylation sites is 1. The van der Waals surface area contributed by atoms with Gasteiger partial charge in [-0.1, -0.05) is 60.1 Å². The number of carbonyl (C=O) groups is 1. The van der Waals surface area contributed by atoms with Crippen molar-refractivity contribution in [1.82, 2.24) is 14.8 Å². The lowest BCUT2D eigenvalue weighted by molar-refractivity contribution is -0.115. The van der Waals surface area contributed by atoms with Crippen molar-refractivity contribution in [2.75, 3.05) is 5.32 Å². The fraction of sp³-hybridized carbons (Fsp3) is 0.286. The van der Waals surface area contributed by atoms with Crippen molar-refractivity contribution >= 4 is 46.7 Å². The van der Waals surface area contributed by atoms with E-state index in [1.54, 1.807) is 23.9 Å². The lowest BCUT2D eigenvalue weighted by Crippen LogP contribution is -2.25. The number of thioether (sulfide) groups is 2. The summed E-state index contributed by atoms with van der Waals surface area (Å²) in [5, 5.41) is 12.5. The number of anilines is 1. The molecule has 1 heterocycles. The zero-order valence-corrected chi connectivity index (χ0v) is 18.9. The Morgan fingerprint density at radius 3 is 2.59 bits per heavy atom. The minimum absolute atomic E-state index is 0.0934. The maximum absolute atomic E-state index is 12.7. The van der Waals surface area contributed by atoms with Gasteiger partial charge in [-0.15, -0.1) is 22.0 Å². The number of aromatic nitrogens is 3. The average molecular weight is 447 g/mol. The number of nitrogens with one attached hydrogen (secondary N) is 1. The summed E-state index contributed by atoms with van der Waals surface area (Å²) in [5.41, 5.74) is 1.86. The molecule has 1 amide bonds. The second-order valence-corrected chi connectivity index (χ2v) is 9.17. The van der Waals surface area contributed by atoms with Gasteiger partial charge in [0, 0.05) is 11.9 Å². The van der Waals surface area contributed by atoms with Gasteiger partial charge in [0.2, 0.25) is 5.91 Å². The van der Waals surface area contributed by atoms with E-state index in [0.717, 1.165) is 16.7 Å². The van der Waals surface area contributed by atoms with Gasteiger partial charge in [0.05, 0.1) is 21.7 Å². The summed E-state index contributed by atoms with van der Waals surface area (Å²) in [6, 6.07) is 15.6. The first-order valence-corrected chi connectivity index (χ1v) is 11.5. The molecule has 0 saturated carbocycles. The third-order valence-corrected chi connectivity index (χ3v) is 7.09. The molecule has 0 radical (unpaired) electrons. The third kappa shape index (κ3) is 5.78. The molecule has 152 valence electrons. The van der Waals surface area contributed by atoms with Gasteiger partial charge in [-0.3, -0.25) is 4.79 Å². The van der Waals surface area contributed by atoms with Crippen molar-refractivity contribution in [3.63, 3.8) is 0 Å². The normalized spacial score (nSPS) is 12.0. The summed E-state index contributed by atoms with van der Waals surface area (Å²) in [4.78, 5) is 13.9. The highest BCUT2D eigenvalue weighted by Gasteiger charge is 2.22. The fourth-order valence-electron chi connectivity index (χ4n) is 2.58. The zero-order valence-electron chi connectivity index (χ0n) is 16.6. The number of amides is 1. The topological polar surface area (TPSA) is 59.8 Å². The molecule has 1 unspecified atom stereocenters. The van der Waals surface area contributed by atoms with Gasteiger partial charge in [0.15, 0.2) is 5.16 Å². The number of hydrogen-bond donors (Lipinski definition) is 1. The Morgan fingerprint density at radius 1 is 1.17 bits per heavy atom. The van der Waals surface area contributed by atoms with E-state index in [2.05, 4.69) is 46.7 Å². The second-order valence-electron chi connectivity index (χ2n) is 6.54. The second kappa shape index (κ2) is 10.2. The highest BCUT2D eigenvalue weighted by molar-refractivity contribution is 8.00. The Labute approximate surface area is 184 Å². The Balaban J connectivity index is 1.63. The molecule has 3 rings (SSSR count). The van der Waals surface area contributed by atoms with E-state index in [1.807, 2.05) is 30.7 Å². The SMILES string of the molecule is CCC(Sc1nnc(CSc2ccc(C)cc2)n1C)C(=O)Nc1ccccc1Cl. The zero-order chi connectivity index (χ0) is 20.8. The van der Waals surface area contributed by atoms with E-state index in [9.17, 15) is 4.79 Å². The molecule has 0 bridgehead atoms. The minimum Gasteiger partial charge on any atom is -0.324 e. The minimum atomic E-state index is -0.285. The Kier molecular flexibility index (Phi) is 7.64. The Morgan fingerprint density at radius 2 is 1.90 bits per heavy atom. The van der Waals surface area contributed by atoms with Crippen LogP contribution in [0.2, 0.25) is 5.02 Å². The first-order valence-electron chi connectivity index (χ1n) is 9.27. The summed E-state index contributed by atoms with van der Waals surface area (Å²) in [5.74, 6) is 1.50. The highest BCUT2D eigenvalue weighted by atomic mass is 35.5. The number of benzene rings is 2. The molecule has 0 aliphatic rings. The van der Waals surface area contributed by atoms with Gasteiger partial charge in [-0.05, 0) is 37.6 Å². The van der Waals surface area contributed by atoms with E-state index in [1.165, 1.54) is 22.2 Å². The van der Waals surface area contributed by atoms with Crippen LogP contribution in [0.3, 0.4) is 0 Å². The predicted octanol–water partition coefficient (Wildman–Crippen LogP) is 5.58. The molecule has 29 heavy (non-hydrogen) atoms. The fourth-order valence-corrected chi connectivity index (χ4v) is 4.58. The van der Waals surface area contributed by atoms with Gasteiger partial charge < -0.3 is 9.88 Å². The number of hydrogen-bond acceptors (Lipinski definition) is 5. The Bertz CT molecular complexity index is 975. The van der Waals surface area contributed by atoms with E-state index >= 15 is 0 Å². The summed E-state index contributed by atoms with van der Waals surface area (Å²) in [6.07, 6.45) is 0.668. The van der Waals surface area contributed by atoms with Gasteiger partial charge in [0.25, 0.3) is 0 Å².